The van der Waals surface area contributed by atoms with Gasteiger partial charge in [-0.3, -0.25) is 4.72 Å². The summed E-state index contributed by atoms with van der Waals surface area (Å²) in [6.45, 7) is -0.404. The molecule has 0 saturated heterocycles. The molecule has 1 aromatic carbocycles. The molecular formula is C10H8Cl2N2O3S2. The molecule has 0 amide bonds. The number of anilines is 1. The summed E-state index contributed by atoms with van der Waals surface area (Å²) >= 11 is 12.9. The van der Waals surface area contributed by atoms with E-state index >= 15 is 0 Å². The summed E-state index contributed by atoms with van der Waals surface area (Å²) in [6, 6.07) is 2.63. The fraction of sp³-hybridized carbons (Fsp3) is 0.100. The highest BCUT2D eigenvalue weighted by atomic mass is 35.5. The van der Waals surface area contributed by atoms with Crippen LogP contribution in [0.4, 0.5) is 5.13 Å². The van der Waals surface area contributed by atoms with Crippen molar-refractivity contribution in [3.8, 4) is 0 Å². The standard InChI is InChI=1S/C10H8Cl2N2O3S2/c11-7-3-6(5-15)9(12)8(4-7)19(16,17)14-10-13-1-2-18-10/h1-4,15H,5H2,(H,13,14). The Labute approximate surface area is 123 Å². The summed E-state index contributed by atoms with van der Waals surface area (Å²) in [4.78, 5) is 3.63. The third-order valence-electron chi connectivity index (χ3n) is 2.19. The fourth-order valence-electron chi connectivity index (χ4n) is 1.37. The van der Waals surface area contributed by atoms with Gasteiger partial charge in [0.25, 0.3) is 10.0 Å². The molecule has 0 radical (unpaired) electrons. The molecule has 2 aromatic rings. The average Bonchev–Trinajstić information content (AvgIpc) is 2.83. The molecular weight excluding hydrogens is 331 g/mol. The van der Waals surface area contributed by atoms with E-state index in [0.717, 1.165) is 11.3 Å². The number of nitrogens with one attached hydrogen (secondary N) is 1. The van der Waals surface area contributed by atoms with Gasteiger partial charge in [0.15, 0.2) is 5.13 Å². The van der Waals surface area contributed by atoms with Crippen molar-refractivity contribution in [2.45, 2.75) is 11.5 Å². The van der Waals surface area contributed by atoms with E-state index in [1.54, 1.807) is 5.38 Å². The Bertz CT molecular complexity index is 687. The molecule has 9 heteroatoms. The Kier molecular flexibility index (Phi) is 4.32. The Balaban J connectivity index is 2.48. The van der Waals surface area contributed by atoms with E-state index in [0.29, 0.717) is 0 Å². The SMILES string of the molecule is O=S(=O)(Nc1nccs1)c1cc(Cl)cc(CO)c1Cl. The minimum atomic E-state index is -3.90. The summed E-state index contributed by atoms with van der Waals surface area (Å²) in [5.74, 6) is 0. The van der Waals surface area contributed by atoms with E-state index < -0.39 is 16.6 Å². The lowest BCUT2D eigenvalue weighted by Crippen LogP contribution is -2.14. The highest BCUT2D eigenvalue weighted by molar-refractivity contribution is 7.93. The number of benzene rings is 1. The second-order valence-electron chi connectivity index (χ2n) is 3.48. The minimum Gasteiger partial charge on any atom is -0.392 e. The molecule has 1 heterocycles. The highest BCUT2D eigenvalue weighted by Gasteiger charge is 2.22. The molecule has 0 aliphatic heterocycles. The van der Waals surface area contributed by atoms with Crippen LogP contribution in [0.5, 0.6) is 0 Å². The lowest BCUT2D eigenvalue weighted by molar-refractivity contribution is 0.281. The van der Waals surface area contributed by atoms with Gasteiger partial charge in [-0.2, -0.15) is 0 Å². The van der Waals surface area contributed by atoms with Crippen LogP contribution in [-0.4, -0.2) is 18.5 Å². The van der Waals surface area contributed by atoms with Crippen LogP contribution >= 0.6 is 34.5 Å². The van der Waals surface area contributed by atoms with Crippen molar-refractivity contribution >= 4 is 49.7 Å². The van der Waals surface area contributed by atoms with Gasteiger partial charge >= 0.3 is 0 Å². The van der Waals surface area contributed by atoms with Crippen molar-refractivity contribution in [1.82, 2.24) is 4.98 Å². The second kappa shape index (κ2) is 5.64. The molecule has 0 bridgehead atoms. The van der Waals surface area contributed by atoms with E-state index in [4.69, 9.17) is 28.3 Å². The lowest BCUT2D eigenvalue weighted by atomic mass is 10.2. The number of sulfonamides is 1. The van der Waals surface area contributed by atoms with E-state index in [9.17, 15) is 8.42 Å². The van der Waals surface area contributed by atoms with Crippen molar-refractivity contribution in [2.75, 3.05) is 4.72 Å². The maximum Gasteiger partial charge on any atom is 0.265 e. The number of aliphatic hydroxyl groups is 1. The molecule has 1 aromatic heterocycles. The molecule has 0 aliphatic rings. The summed E-state index contributed by atoms with van der Waals surface area (Å²) in [6.07, 6.45) is 1.47. The quantitative estimate of drug-likeness (QED) is 0.898. The summed E-state index contributed by atoms with van der Waals surface area (Å²) in [5.41, 5.74) is 0.244. The minimum absolute atomic E-state index is 0.0593. The van der Waals surface area contributed by atoms with Crippen molar-refractivity contribution in [2.24, 2.45) is 0 Å². The smallest absolute Gasteiger partial charge is 0.265 e. The second-order valence-corrected chi connectivity index (χ2v) is 6.84. The molecule has 19 heavy (non-hydrogen) atoms. The van der Waals surface area contributed by atoms with Crippen LogP contribution in [0.15, 0.2) is 28.6 Å². The maximum absolute atomic E-state index is 12.2. The Morgan fingerprint density at radius 1 is 1.37 bits per heavy atom. The van der Waals surface area contributed by atoms with Crippen LogP contribution < -0.4 is 4.72 Å². The van der Waals surface area contributed by atoms with Gasteiger partial charge < -0.3 is 5.11 Å². The molecule has 2 rings (SSSR count). The zero-order valence-corrected chi connectivity index (χ0v) is 12.4. The van der Waals surface area contributed by atoms with Crippen LogP contribution in [0.2, 0.25) is 10.0 Å². The van der Waals surface area contributed by atoms with E-state index in [1.807, 2.05) is 0 Å². The van der Waals surface area contributed by atoms with Crippen molar-refractivity contribution in [1.29, 1.82) is 0 Å². The Morgan fingerprint density at radius 2 is 2.11 bits per heavy atom. The number of halogens is 2. The number of thiazole rings is 1. The average molecular weight is 339 g/mol. The molecule has 0 unspecified atom stereocenters. The van der Waals surface area contributed by atoms with Crippen molar-refractivity contribution < 1.29 is 13.5 Å². The summed E-state index contributed by atoms with van der Waals surface area (Å²) in [5, 5.41) is 11.1. The normalized spacial score (nSPS) is 11.5. The number of rotatable bonds is 4. The van der Waals surface area contributed by atoms with Gasteiger partial charge in [-0.15, -0.1) is 11.3 Å². The summed E-state index contributed by atoms with van der Waals surface area (Å²) < 4.78 is 26.6. The van der Waals surface area contributed by atoms with Gasteiger partial charge in [0, 0.05) is 16.6 Å². The van der Waals surface area contributed by atoms with Crippen LogP contribution in [0.1, 0.15) is 5.56 Å². The van der Waals surface area contributed by atoms with Gasteiger partial charge in [-0.05, 0) is 17.7 Å². The predicted molar refractivity (Wildman–Crippen MR) is 75.3 cm³/mol. The molecule has 5 nitrogen and oxygen atoms in total. The predicted octanol–water partition coefficient (Wildman–Crippen LogP) is 2.74. The first-order valence-electron chi connectivity index (χ1n) is 4.95. The first-order chi connectivity index (χ1) is 8.94. The van der Waals surface area contributed by atoms with E-state index in [2.05, 4.69) is 9.71 Å². The topological polar surface area (TPSA) is 79.3 Å². The molecule has 0 spiro atoms. The lowest BCUT2D eigenvalue weighted by Gasteiger charge is -2.10. The van der Waals surface area contributed by atoms with Gasteiger partial charge in [-0.25, -0.2) is 13.4 Å². The molecule has 0 fully saturated rings. The highest BCUT2D eigenvalue weighted by Crippen LogP contribution is 2.31. The van der Waals surface area contributed by atoms with Crippen LogP contribution in [0.25, 0.3) is 0 Å². The Morgan fingerprint density at radius 3 is 2.68 bits per heavy atom. The number of hydrogen-bond acceptors (Lipinski definition) is 5. The van der Waals surface area contributed by atoms with Gasteiger partial charge in [0.1, 0.15) is 4.90 Å². The first kappa shape index (κ1) is 14.5. The maximum atomic E-state index is 12.2. The first-order valence-corrected chi connectivity index (χ1v) is 8.07. The number of aliphatic hydroxyl groups excluding tert-OH is 1. The number of hydrogen-bond donors (Lipinski definition) is 2. The van der Waals surface area contributed by atoms with Gasteiger partial charge in [0.05, 0.1) is 11.6 Å². The molecule has 0 atom stereocenters. The monoisotopic (exact) mass is 338 g/mol. The third-order valence-corrected chi connectivity index (χ3v) is 5.15. The molecule has 0 saturated carbocycles. The Hall–Kier alpha value is -0.860. The third kappa shape index (κ3) is 3.18. The van der Waals surface area contributed by atoms with Crippen LogP contribution in [0.3, 0.4) is 0 Å². The van der Waals surface area contributed by atoms with Crippen molar-refractivity contribution in [3.05, 3.63) is 39.3 Å². The zero-order chi connectivity index (χ0) is 14.0. The van der Waals surface area contributed by atoms with Gasteiger partial charge in [-0.1, -0.05) is 23.2 Å². The number of aromatic nitrogens is 1. The fourth-order valence-corrected chi connectivity index (χ4v) is 4.09. The summed E-state index contributed by atoms with van der Waals surface area (Å²) in [7, 11) is -3.90. The van der Waals surface area contributed by atoms with E-state index in [1.165, 1.54) is 18.3 Å². The zero-order valence-electron chi connectivity index (χ0n) is 9.30. The van der Waals surface area contributed by atoms with Crippen molar-refractivity contribution in [3.63, 3.8) is 0 Å². The molecule has 0 aliphatic carbocycles. The largest absolute Gasteiger partial charge is 0.392 e. The van der Waals surface area contributed by atoms with Gasteiger partial charge in [0.2, 0.25) is 0 Å². The van der Waals surface area contributed by atoms with E-state index in [-0.39, 0.29) is 25.6 Å². The van der Waals surface area contributed by atoms with Crippen LogP contribution in [-0.2, 0) is 16.6 Å². The number of nitrogens with zero attached hydrogens (tertiary/aromatic N) is 1. The molecule has 2 N–H and O–H groups in total. The van der Waals surface area contributed by atoms with Crippen LogP contribution in [0, 0.1) is 0 Å². The molecule has 102 valence electrons.